The number of rotatable bonds is 18. The van der Waals surface area contributed by atoms with Crippen LogP contribution in [0.25, 0.3) is 0 Å². The number of ketones is 1. The highest BCUT2D eigenvalue weighted by atomic mass is 35.5. The second-order valence-electron chi connectivity index (χ2n) is 7.75. The van der Waals surface area contributed by atoms with Crippen LogP contribution in [-0.4, -0.2) is 30.0 Å². The number of alkyl halides is 1. The minimum Gasteiger partial charge on any atom is -0.463 e. The fourth-order valence-electron chi connectivity index (χ4n) is 3.37. The van der Waals surface area contributed by atoms with Crippen molar-refractivity contribution in [1.82, 2.24) is 0 Å². The van der Waals surface area contributed by atoms with E-state index in [2.05, 4.69) is 6.92 Å². The Bertz CT molecular complexity index is 590. The number of unbranched alkanes of at least 4 members (excludes halogenated alkanes) is 11. The summed E-state index contributed by atoms with van der Waals surface area (Å²) >= 11 is 6.35. The average molecular weight is 439 g/mol. The number of carbonyl (C=O) groups is 2. The first-order valence-electron chi connectivity index (χ1n) is 11.7. The normalized spacial score (nSPS) is 13.0. The van der Waals surface area contributed by atoms with E-state index in [9.17, 15) is 9.59 Å². The van der Waals surface area contributed by atoms with Crippen LogP contribution in [0.4, 0.5) is 0 Å². The monoisotopic (exact) mass is 438 g/mol. The van der Waals surface area contributed by atoms with Crippen molar-refractivity contribution < 1.29 is 19.1 Å². The van der Waals surface area contributed by atoms with E-state index in [0.29, 0.717) is 5.56 Å². The maximum atomic E-state index is 12.8. The van der Waals surface area contributed by atoms with Gasteiger partial charge < -0.3 is 9.47 Å². The fraction of sp³-hybridized carbons (Fsp3) is 0.680. The first kappa shape index (κ1) is 26.6. The Hall–Kier alpha value is -1.39. The average Bonchev–Trinajstić information content (AvgIpc) is 2.77. The van der Waals surface area contributed by atoms with E-state index in [1.54, 1.807) is 37.3 Å². The molecule has 1 unspecified atom stereocenters. The Morgan fingerprint density at radius 2 is 1.30 bits per heavy atom. The summed E-state index contributed by atoms with van der Waals surface area (Å²) in [6, 6.07) is 8.48. The second-order valence-corrected chi connectivity index (χ2v) is 8.28. The molecule has 0 saturated carbocycles. The van der Waals surface area contributed by atoms with Crippen LogP contribution in [0.3, 0.4) is 0 Å². The van der Waals surface area contributed by atoms with Gasteiger partial charge in [0.25, 0.3) is 0 Å². The lowest BCUT2D eigenvalue weighted by atomic mass is 10.0. The predicted molar refractivity (Wildman–Crippen MR) is 123 cm³/mol. The summed E-state index contributed by atoms with van der Waals surface area (Å²) in [4.78, 5) is 25.1. The molecule has 0 aromatic heterocycles. The minimum absolute atomic E-state index is 0.136. The number of Topliss-reactive ketones (excluding diaryl/α,β-unsaturated/α-hetero) is 1. The van der Waals surface area contributed by atoms with Gasteiger partial charge in [0.1, 0.15) is 0 Å². The number of benzene rings is 1. The van der Waals surface area contributed by atoms with Crippen molar-refractivity contribution in [3.63, 3.8) is 0 Å². The zero-order valence-corrected chi connectivity index (χ0v) is 19.6. The van der Waals surface area contributed by atoms with Crippen LogP contribution in [-0.2, 0) is 14.3 Å². The molecule has 0 heterocycles. The SMILES string of the molecule is CCCCCCCCCCCCCCOC(Cl)(C(=O)OCC)C(=O)c1ccccc1. The van der Waals surface area contributed by atoms with Crippen molar-refractivity contribution in [2.75, 3.05) is 13.2 Å². The van der Waals surface area contributed by atoms with E-state index in [1.807, 2.05) is 0 Å². The summed E-state index contributed by atoms with van der Waals surface area (Å²) in [7, 11) is 0. The zero-order valence-electron chi connectivity index (χ0n) is 18.8. The third-order valence-electron chi connectivity index (χ3n) is 5.16. The Morgan fingerprint density at radius 3 is 1.80 bits per heavy atom. The fourth-order valence-corrected chi connectivity index (χ4v) is 3.61. The van der Waals surface area contributed by atoms with E-state index < -0.39 is 16.8 Å². The summed E-state index contributed by atoms with van der Waals surface area (Å²) in [5.41, 5.74) is 0.329. The molecule has 0 amide bonds. The molecule has 0 radical (unpaired) electrons. The van der Waals surface area contributed by atoms with Crippen LogP contribution in [0, 0.1) is 0 Å². The van der Waals surface area contributed by atoms with Crippen molar-refractivity contribution in [2.45, 2.75) is 96.0 Å². The number of hydrogen-bond acceptors (Lipinski definition) is 4. The number of ether oxygens (including phenoxy) is 2. The maximum absolute atomic E-state index is 12.8. The molecule has 30 heavy (non-hydrogen) atoms. The molecule has 1 atom stereocenters. The first-order chi connectivity index (χ1) is 14.6. The molecular weight excluding hydrogens is 400 g/mol. The number of esters is 1. The highest BCUT2D eigenvalue weighted by Crippen LogP contribution is 2.26. The van der Waals surface area contributed by atoms with Crippen LogP contribution >= 0.6 is 11.6 Å². The highest BCUT2D eigenvalue weighted by molar-refractivity contribution is 6.46. The van der Waals surface area contributed by atoms with E-state index in [4.69, 9.17) is 21.1 Å². The van der Waals surface area contributed by atoms with Gasteiger partial charge in [0.05, 0.1) is 6.61 Å². The molecule has 1 aromatic carbocycles. The van der Waals surface area contributed by atoms with Gasteiger partial charge in [-0.3, -0.25) is 4.79 Å². The molecule has 0 aliphatic carbocycles. The lowest BCUT2D eigenvalue weighted by molar-refractivity contribution is -0.157. The molecule has 1 aromatic rings. The summed E-state index contributed by atoms with van der Waals surface area (Å²) < 4.78 is 10.6. The van der Waals surface area contributed by atoms with Crippen LogP contribution in [0.15, 0.2) is 30.3 Å². The lowest BCUT2D eigenvalue weighted by Gasteiger charge is -2.24. The second kappa shape index (κ2) is 16.3. The molecule has 0 aliphatic heterocycles. The summed E-state index contributed by atoms with van der Waals surface area (Å²) in [5, 5.41) is -2.12. The predicted octanol–water partition coefficient (Wildman–Crippen LogP) is 7.09. The summed E-state index contributed by atoms with van der Waals surface area (Å²) in [6.45, 7) is 4.30. The topological polar surface area (TPSA) is 52.6 Å². The Balaban J connectivity index is 2.28. The van der Waals surface area contributed by atoms with Crippen molar-refractivity contribution in [1.29, 1.82) is 0 Å². The molecule has 0 saturated heterocycles. The Labute approximate surface area is 187 Å². The molecule has 0 bridgehead atoms. The molecule has 5 heteroatoms. The van der Waals surface area contributed by atoms with Crippen LogP contribution in [0.5, 0.6) is 0 Å². The largest absolute Gasteiger partial charge is 0.463 e. The highest BCUT2D eigenvalue weighted by Gasteiger charge is 2.47. The summed E-state index contributed by atoms with van der Waals surface area (Å²) in [6.07, 6.45) is 14.8. The van der Waals surface area contributed by atoms with E-state index in [-0.39, 0.29) is 13.2 Å². The first-order valence-corrected chi connectivity index (χ1v) is 12.0. The van der Waals surface area contributed by atoms with E-state index in [0.717, 1.165) is 19.3 Å². The van der Waals surface area contributed by atoms with Crippen molar-refractivity contribution in [3.05, 3.63) is 35.9 Å². The molecule has 0 aliphatic rings. The Morgan fingerprint density at radius 1 is 0.800 bits per heavy atom. The van der Waals surface area contributed by atoms with E-state index in [1.165, 1.54) is 57.8 Å². The van der Waals surface area contributed by atoms with Gasteiger partial charge in [0, 0.05) is 12.2 Å². The third kappa shape index (κ3) is 10.1. The minimum atomic E-state index is -2.12. The third-order valence-corrected chi connectivity index (χ3v) is 5.60. The molecular formula is C25H39ClO4. The van der Waals surface area contributed by atoms with Gasteiger partial charge in [-0.25, -0.2) is 4.79 Å². The molecule has 4 nitrogen and oxygen atoms in total. The van der Waals surface area contributed by atoms with Crippen LogP contribution in [0.1, 0.15) is 101 Å². The summed E-state index contributed by atoms with van der Waals surface area (Å²) in [5.74, 6) is -1.43. The van der Waals surface area contributed by atoms with Crippen molar-refractivity contribution >= 4 is 23.4 Å². The lowest BCUT2D eigenvalue weighted by Crippen LogP contribution is -2.45. The smallest absolute Gasteiger partial charge is 0.362 e. The number of carbonyl (C=O) groups excluding carboxylic acids is 2. The number of hydrogen-bond donors (Lipinski definition) is 0. The molecule has 0 N–H and O–H groups in total. The molecule has 0 fully saturated rings. The quantitative estimate of drug-likeness (QED) is 0.0807. The van der Waals surface area contributed by atoms with Gasteiger partial charge in [-0.05, 0) is 13.3 Å². The van der Waals surface area contributed by atoms with Gasteiger partial charge in [0.15, 0.2) is 0 Å². The number of halogens is 1. The van der Waals surface area contributed by atoms with Gasteiger partial charge in [-0.15, -0.1) is 0 Å². The van der Waals surface area contributed by atoms with Crippen molar-refractivity contribution in [3.8, 4) is 0 Å². The van der Waals surface area contributed by atoms with Crippen LogP contribution in [0.2, 0.25) is 0 Å². The van der Waals surface area contributed by atoms with Gasteiger partial charge >= 0.3 is 11.0 Å². The Kier molecular flexibility index (Phi) is 14.5. The maximum Gasteiger partial charge on any atom is 0.362 e. The van der Waals surface area contributed by atoms with Gasteiger partial charge in [-0.1, -0.05) is 119 Å². The zero-order chi connectivity index (χ0) is 22.1. The molecule has 170 valence electrons. The van der Waals surface area contributed by atoms with E-state index >= 15 is 0 Å². The molecule has 0 spiro atoms. The van der Waals surface area contributed by atoms with Crippen molar-refractivity contribution in [2.24, 2.45) is 0 Å². The van der Waals surface area contributed by atoms with Gasteiger partial charge in [-0.2, -0.15) is 0 Å². The van der Waals surface area contributed by atoms with Gasteiger partial charge in [0.2, 0.25) is 5.78 Å². The van der Waals surface area contributed by atoms with Crippen LogP contribution < -0.4 is 0 Å². The standard InChI is InChI=1S/C25H39ClO4/c1-3-5-6-7-8-9-10-11-12-13-14-18-21-30-25(26,24(28)29-4-2)23(27)22-19-16-15-17-20-22/h15-17,19-20H,3-14,18,21H2,1-2H3. The molecule has 1 rings (SSSR count).